The number of nitrogens with zero attached hydrogens (tertiary/aromatic N) is 2. The number of hydrogen-bond donors (Lipinski definition) is 0. The van der Waals surface area contributed by atoms with Crippen molar-refractivity contribution in [2.45, 2.75) is 45.1 Å². The molecule has 0 spiro atoms. The first-order valence-electron chi connectivity index (χ1n) is 7.67. The molecule has 0 aromatic heterocycles. The standard InChI is InChI=1S/C17H24N2O/c1-15-8-3-2-6-11-19(15)12-7-13-20-17-10-5-4-9-16(17)14-18/h4-5,9-10,15H,2-3,6-8,11-13H2,1H3. The van der Waals surface area contributed by atoms with Crippen LogP contribution in [-0.2, 0) is 0 Å². The molecule has 108 valence electrons. The second kappa shape index (κ2) is 7.91. The topological polar surface area (TPSA) is 36.3 Å². The number of hydrogen-bond acceptors (Lipinski definition) is 3. The Morgan fingerprint density at radius 2 is 2.15 bits per heavy atom. The van der Waals surface area contributed by atoms with E-state index in [-0.39, 0.29) is 0 Å². The zero-order valence-corrected chi connectivity index (χ0v) is 12.3. The highest BCUT2D eigenvalue weighted by molar-refractivity contribution is 5.42. The summed E-state index contributed by atoms with van der Waals surface area (Å²) >= 11 is 0. The first-order chi connectivity index (χ1) is 9.81. The van der Waals surface area contributed by atoms with E-state index < -0.39 is 0 Å². The van der Waals surface area contributed by atoms with Crippen molar-refractivity contribution in [1.29, 1.82) is 5.26 Å². The fourth-order valence-electron chi connectivity index (χ4n) is 2.80. The molecule has 1 aliphatic rings. The Morgan fingerprint density at radius 1 is 1.30 bits per heavy atom. The van der Waals surface area contributed by atoms with Crippen LogP contribution in [0.1, 0.15) is 44.6 Å². The third-order valence-corrected chi connectivity index (χ3v) is 4.05. The first-order valence-corrected chi connectivity index (χ1v) is 7.67. The third kappa shape index (κ3) is 4.25. The average molecular weight is 272 g/mol. The molecule has 0 aliphatic carbocycles. The summed E-state index contributed by atoms with van der Waals surface area (Å²) in [6, 6.07) is 10.3. The zero-order valence-electron chi connectivity index (χ0n) is 12.3. The van der Waals surface area contributed by atoms with Crippen molar-refractivity contribution >= 4 is 0 Å². The van der Waals surface area contributed by atoms with Crippen LogP contribution in [-0.4, -0.2) is 30.6 Å². The van der Waals surface area contributed by atoms with Crippen molar-refractivity contribution in [3.63, 3.8) is 0 Å². The van der Waals surface area contributed by atoms with Crippen LogP contribution in [0.4, 0.5) is 0 Å². The molecule has 1 aromatic carbocycles. The number of likely N-dealkylation sites (tertiary alicyclic amines) is 1. The van der Waals surface area contributed by atoms with E-state index in [1.165, 1.54) is 32.2 Å². The highest BCUT2D eigenvalue weighted by atomic mass is 16.5. The van der Waals surface area contributed by atoms with E-state index >= 15 is 0 Å². The van der Waals surface area contributed by atoms with Crippen LogP contribution in [0.15, 0.2) is 24.3 Å². The number of nitriles is 1. The summed E-state index contributed by atoms with van der Waals surface area (Å²) in [4.78, 5) is 2.58. The molecule has 20 heavy (non-hydrogen) atoms. The zero-order chi connectivity index (χ0) is 14.2. The SMILES string of the molecule is CC1CCCCCN1CCCOc1ccccc1C#N. The molecular weight excluding hydrogens is 248 g/mol. The van der Waals surface area contributed by atoms with Crippen molar-refractivity contribution in [3.8, 4) is 11.8 Å². The lowest BCUT2D eigenvalue weighted by molar-refractivity contribution is 0.192. The predicted molar refractivity (Wildman–Crippen MR) is 80.8 cm³/mol. The molecule has 3 nitrogen and oxygen atoms in total. The minimum absolute atomic E-state index is 0.621. The van der Waals surface area contributed by atoms with Gasteiger partial charge in [0, 0.05) is 12.6 Å². The summed E-state index contributed by atoms with van der Waals surface area (Å²) in [5.74, 6) is 0.707. The Hall–Kier alpha value is -1.53. The molecule has 1 atom stereocenters. The Balaban J connectivity index is 1.74. The van der Waals surface area contributed by atoms with Gasteiger partial charge in [-0.3, -0.25) is 0 Å². The van der Waals surface area contributed by atoms with Gasteiger partial charge in [0.25, 0.3) is 0 Å². The molecule has 0 N–H and O–H groups in total. The highest BCUT2D eigenvalue weighted by Crippen LogP contribution is 2.18. The maximum atomic E-state index is 9.01. The van der Waals surface area contributed by atoms with E-state index in [1.54, 1.807) is 6.07 Å². The van der Waals surface area contributed by atoms with Crippen molar-refractivity contribution in [3.05, 3.63) is 29.8 Å². The lowest BCUT2D eigenvalue weighted by Gasteiger charge is -2.26. The smallest absolute Gasteiger partial charge is 0.137 e. The van der Waals surface area contributed by atoms with Crippen LogP contribution in [0.5, 0.6) is 5.75 Å². The lowest BCUT2D eigenvalue weighted by Crippen LogP contribution is -2.34. The van der Waals surface area contributed by atoms with Gasteiger partial charge in [-0.1, -0.05) is 25.0 Å². The van der Waals surface area contributed by atoms with Gasteiger partial charge in [0.2, 0.25) is 0 Å². The molecule has 1 aliphatic heterocycles. The maximum absolute atomic E-state index is 9.01. The van der Waals surface area contributed by atoms with Gasteiger partial charge in [0.15, 0.2) is 0 Å². The molecule has 1 heterocycles. The number of rotatable bonds is 5. The van der Waals surface area contributed by atoms with E-state index in [0.717, 1.165) is 13.0 Å². The van der Waals surface area contributed by atoms with Crippen molar-refractivity contribution < 1.29 is 4.74 Å². The lowest BCUT2D eigenvalue weighted by atomic mass is 10.1. The largest absolute Gasteiger partial charge is 0.492 e. The molecule has 1 unspecified atom stereocenters. The number of para-hydroxylation sites is 1. The molecule has 0 bridgehead atoms. The summed E-state index contributed by atoms with van der Waals surface area (Å²) in [7, 11) is 0. The number of benzene rings is 1. The van der Waals surface area contributed by atoms with Gasteiger partial charge in [-0.05, 0) is 44.9 Å². The molecule has 1 saturated heterocycles. The van der Waals surface area contributed by atoms with Crippen LogP contribution < -0.4 is 4.74 Å². The summed E-state index contributed by atoms with van der Waals surface area (Å²) in [6.45, 7) is 5.32. The Morgan fingerprint density at radius 3 is 3.00 bits per heavy atom. The van der Waals surface area contributed by atoms with Gasteiger partial charge in [0.05, 0.1) is 12.2 Å². The average Bonchev–Trinajstić information content (AvgIpc) is 2.69. The van der Waals surface area contributed by atoms with Gasteiger partial charge in [0.1, 0.15) is 11.8 Å². The molecule has 1 fully saturated rings. The quantitative estimate of drug-likeness (QED) is 0.768. The maximum Gasteiger partial charge on any atom is 0.137 e. The van der Waals surface area contributed by atoms with E-state index in [9.17, 15) is 0 Å². The summed E-state index contributed by atoms with van der Waals surface area (Å²) in [5.41, 5.74) is 0.621. The van der Waals surface area contributed by atoms with Gasteiger partial charge in [-0.2, -0.15) is 5.26 Å². The fourth-order valence-corrected chi connectivity index (χ4v) is 2.80. The van der Waals surface area contributed by atoms with E-state index in [4.69, 9.17) is 10.00 Å². The first kappa shape index (κ1) is 14.9. The minimum Gasteiger partial charge on any atom is -0.492 e. The van der Waals surface area contributed by atoms with Gasteiger partial charge < -0.3 is 9.64 Å². The Labute approximate surface area is 122 Å². The molecule has 0 saturated carbocycles. The summed E-state index contributed by atoms with van der Waals surface area (Å²) in [5, 5.41) is 9.01. The summed E-state index contributed by atoms with van der Waals surface area (Å²) in [6.07, 6.45) is 6.39. The minimum atomic E-state index is 0.621. The van der Waals surface area contributed by atoms with E-state index in [2.05, 4.69) is 17.9 Å². The Bertz CT molecular complexity index is 453. The summed E-state index contributed by atoms with van der Waals surface area (Å²) < 4.78 is 5.74. The molecule has 1 aromatic rings. The van der Waals surface area contributed by atoms with Gasteiger partial charge >= 0.3 is 0 Å². The highest BCUT2D eigenvalue weighted by Gasteiger charge is 2.15. The van der Waals surface area contributed by atoms with E-state index in [0.29, 0.717) is 24.0 Å². The van der Waals surface area contributed by atoms with Crippen LogP contribution in [0.3, 0.4) is 0 Å². The van der Waals surface area contributed by atoms with Crippen molar-refractivity contribution in [1.82, 2.24) is 4.90 Å². The van der Waals surface area contributed by atoms with Gasteiger partial charge in [-0.25, -0.2) is 0 Å². The fraction of sp³-hybridized carbons (Fsp3) is 0.588. The molecule has 2 rings (SSSR count). The Kier molecular flexibility index (Phi) is 5.88. The second-order valence-electron chi connectivity index (χ2n) is 5.54. The third-order valence-electron chi connectivity index (χ3n) is 4.05. The normalized spacial score (nSPS) is 20.1. The van der Waals surface area contributed by atoms with Crippen molar-refractivity contribution in [2.24, 2.45) is 0 Å². The number of ether oxygens (including phenoxy) is 1. The molecular formula is C17H24N2O. The van der Waals surface area contributed by atoms with Crippen molar-refractivity contribution in [2.75, 3.05) is 19.7 Å². The molecule has 3 heteroatoms. The van der Waals surface area contributed by atoms with Crippen LogP contribution >= 0.6 is 0 Å². The monoisotopic (exact) mass is 272 g/mol. The van der Waals surface area contributed by atoms with Crippen LogP contribution in [0.2, 0.25) is 0 Å². The molecule has 0 amide bonds. The van der Waals surface area contributed by atoms with E-state index in [1.807, 2.05) is 18.2 Å². The van der Waals surface area contributed by atoms with Crippen LogP contribution in [0, 0.1) is 11.3 Å². The predicted octanol–water partition coefficient (Wildman–Crippen LogP) is 3.59. The van der Waals surface area contributed by atoms with Gasteiger partial charge in [-0.15, -0.1) is 0 Å². The molecule has 0 radical (unpaired) electrons. The second-order valence-corrected chi connectivity index (χ2v) is 5.54. The van der Waals surface area contributed by atoms with Crippen LogP contribution in [0.25, 0.3) is 0 Å².